The molecule has 1 heterocycles. The minimum absolute atomic E-state index is 0.00689. The topological polar surface area (TPSA) is 81.4 Å². The molecule has 116 valence electrons. The van der Waals surface area contributed by atoms with Crippen LogP contribution in [0.3, 0.4) is 0 Å². The fourth-order valence-electron chi connectivity index (χ4n) is 1.92. The molecule has 0 aliphatic heterocycles. The first-order valence-electron chi connectivity index (χ1n) is 6.51. The van der Waals surface area contributed by atoms with Gasteiger partial charge < -0.3 is 14.6 Å². The number of ether oxygens (including phenoxy) is 1. The predicted octanol–water partition coefficient (Wildman–Crippen LogP) is 2.91. The molecule has 0 spiro atoms. The van der Waals surface area contributed by atoms with E-state index in [-0.39, 0.29) is 17.9 Å². The second kappa shape index (κ2) is 6.62. The molecule has 0 saturated heterocycles. The first kappa shape index (κ1) is 16.0. The largest absolute Gasteiger partial charge is 0.465 e. The van der Waals surface area contributed by atoms with Gasteiger partial charge in [0.05, 0.1) is 30.5 Å². The number of halogens is 1. The number of methoxy groups -OCH3 is 1. The van der Waals surface area contributed by atoms with Crippen molar-refractivity contribution >= 4 is 29.2 Å². The van der Waals surface area contributed by atoms with E-state index in [1.165, 1.54) is 13.2 Å². The molecule has 0 atom stereocenters. The zero-order valence-electron chi connectivity index (χ0n) is 12.4. The molecule has 0 bridgehead atoms. The van der Waals surface area contributed by atoms with E-state index in [1.54, 1.807) is 26.0 Å². The fourth-order valence-corrected chi connectivity index (χ4v) is 2.08. The van der Waals surface area contributed by atoms with Gasteiger partial charge in [-0.1, -0.05) is 16.8 Å². The van der Waals surface area contributed by atoms with Gasteiger partial charge in [-0.25, -0.2) is 4.79 Å². The highest BCUT2D eigenvalue weighted by Gasteiger charge is 2.17. The van der Waals surface area contributed by atoms with Gasteiger partial charge in [0.1, 0.15) is 5.76 Å². The third-order valence-corrected chi connectivity index (χ3v) is 3.40. The van der Waals surface area contributed by atoms with Crippen molar-refractivity contribution in [1.82, 2.24) is 5.16 Å². The molecule has 0 aliphatic carbocycles. The van der Waals surface area contributed by atoms with Crippen molar-refractivity contribution in [2.75, 3.05) is 12.4 Å². The van der Waals surface area contributed by atoms with Crippen LogP contribution < -0.4 is 5.32 Å². The summed E-state index contributed by atoms with van der Waals surface area (Å²) >= 11 is 6.05. The molecule has 1 aromatic heterocycles. The van der Waals surface area contributed by atoms with E-state index < -0.39 is 5.97 Å². The molecule has 1 amide bonds. The van der Waals surface area contributed by atoms with Crippen LogP contribution >= 0.6 is 11.6 Å². The van der Waals surface area contributed by atoms with Gasteiger partial charge in [-0.05, 0) is 31.5 Å². The number of nitrogens with zero attached hydrogens (tertiary/aromatic N) is 1. The monoisotopic (exact) mass is 322 g/mol. The lowest BCUT2D eigenvalue weighted by Crippen LogP contribution is -2.17. The molecule has 0 fully saturated rings. The lowest BCUT2D eigenvalue weighted by molar-refractivity contribution is -0.115. The molecule has 2 aromatic rings. The predicted molar refractivity (Wildman–Crippen MR) is 81.1 cm³/mol. The van der Waals surface area contributed by atoms with Gasteiger partial charge in [-0.2, -0.15) is 0 Å². The van der Waals surface area contributed by atoms with Crippen LogP contribution in [-0.4, -0.2) is 24.1 Å². The average molecular weight is 323 g/mol. The summed E-state index contributed by atoms with van der Waals surface area (Å²) in [6.45, 7) is 3.53. The number of rotatable bonds is 4. The Morgan fingerprint density at radius 3 is 2.64 bits per heavy atom. The zero-order valence-corrected chi connectivity index (χ0v) is 13.2. The molecule has 1 N–H and O–H groups in total. The molecule has 0 saturated carbocycles. The van der Waals surface area contributed by atoms with Crippen LogP contribution in [0.5, 0.6) is 0 Å². The molecule has 22 heavy (non-hydrogen) atoms. The number of hydrogen-bond donors (Lipinski definition) is 1. The first-order valence-corrected chi connectivity index (χ1v) is 6.89. The van der Waals surface area contributed by atoms with Crippen LogP contribution in [0.25, 0.3) is 0 Å². The Bertz CT molecular complexity index is 724. The minimum atomic E-state index is -0.550. The molecule has 7 heteroatoms. The van der Waals surface area contributed by atoms with E-state index in [0.29, 0.717) is 27.7 Å². The molecule has 2 rings (SSSR count). The second-order valence-corrected chi connectivity index (χ2v) is 5.21. The van der Waals surface area contributed by atoms with Crippen molar-refractivity contribution in [3.8, 4) is 0 Å². The summed E-state index contributed by atoms with van der Waals surface area (Å²) in [4.78, 5) is 23.9. The van der Waals surface area contributed by atoms with Crippen LogP contribution in [-0.2, 0) is 16.0 Å². The molecule has 0 radical (unpaired) electrons. The third-order valence-electron chi connectivity index (χ3n) is 2.99. The Kier molecular flexibility index (Phi) is 4.82. The van der Waals surface area contributed by atoms with Crippen molar-refractivity contribution in [1.29, 1.82) is 0 Å². The molecule has 6 nitrogen and oxygen atoms in total. The van der Waals surface area contributed by atoms with E-state index in [2.05, 4.69) is 10.5 Å². The van der Waals surface area contributed by atoms with E-state index in [1.807, 2.05) is 0 Å². The zero-order chi connectivity index (χ0) is 16.3. The number of esters is 1. The highest BCUT2D eigenvalue weighted by molar-refractivity contribution is 6.32. The number of aryl methyl sites for hydroxylation is 2. The first-order chi connectivity index (χ1) is 10.4. The van der Waals surface area contributed by atoms with Gasteiger partial charge in [0, 0.05) is 11.1 Å². The number of nitrogens with one attached hydrogen (secondary N) is 1. The van der Waals surface area contributed by atoms with E-state index in [4.69, 9.17) is 20.9 Å². The van der Waals surface area contributed by atoms with Crippen molar-refractivity contribution in [2.24, 2.45) is 0 Å². The summed E-state index contributed by atoms with van der Waals surface area (Å²) in [5, 5.41) is 6.79. The Labute approximate surface area is 132 Å². The number of benzene rings is 1. The number of amides is 1. The van der Waals surface area contributed by atoms with Crippen LogP contribution in [0, 0.1) is 13.8 Å². The summed E-state index contributed by atoms with van der Waals surface area (Å²) in [7, 11) is 1.27. The quantitative estimate of drug-likeness (QED) is 0.875. The van der Waals surface area contributed by atoms with Crippen molar-refractivity contribution < 1.29 is 18.8 Å². The molecule has 0 unspecified atom stereocenters. The Morgan fingerprint density at radius 2 is 2.05 bits per heavy atom. The molecular weight excluding hydrogens is 308 g/mol. The highest BCUT2D eigenvalue weighted by Crippen LogP contribution is 2.26. The van der Waals surface area contributed by atoms with Crippen LogP contribution in [0.15, 0.2) is 22.7 Å². The summed E-state index contributed by atoms with van der Waals surface area (Å²) in [5.74, 6) is -0.459. The number of carbonyl (C=O) groups excluding carboxylic acids is 2. The number of aromatic nitrogens is 1. The van der Waals surface area contributed by atoms with E-state index >= 15 is 0 Å². The van der Waals surface area contributed by atoms with Gasteiger partial charge >= 0.3 is 5.97 Å². The van der Waals surface area contributed by atoms with Crippen LogP contribution in [0.1, 0.15) is 27.4 Å². The lowest BCUT2D eigenvalue weighted by Gasteiger charge is -2.11. The summed E-state index contributed by atoms with van der Waals surface area (Å²) < 4.78 is 9.70. The van der Waals surface area contributed by atoms with Gasteiger partial charge in [0.15, 0.2) is 0 Å². The standard InChI is InChI=1S/C15H15ClN2O4/c1-8-4-11(15(20)21-3)13(7-12(8)16)17-14(19)6-10-5-9(2)18-22-10/h4-5,7H,6H2,1-3H3,(H,17,19). The van der Waals surface area contributed by atoms with E-state index in [0.717, 1.165) is 0 Å². The molecule has 1 aromatic carbocycles. The Hall–Kier alpha value is -2.34. The highest BCUT2D eigenvalue weighted by atomic mass is 35.5. The fraction of sp³-hybridized carbons (Fsp3) is 0.267. The van der Waals surface area contributed by atoms with Crippen molar-refractivity contribution in [2.45, 2.75) is 20.3 Å². The van der Waals surface area contributed by atoms with Gasteiger partial charge in [-0.3, -0.25) is 4.79 Å². The van der Waals surface area contributed by atoms with Gasteiger partial charge in [0.25, 0.3) is 0 Å². The number of anilines is 1. The maximum Gasteiger partial charge on any atom is 0.339 e. The maximum absolute atomic E-state index is 12.1. The maximum atomic E-state index is 12.1. The average Bonchev–Trinajstić information content (AvgIpc) is 2.86. The second-order valence-electron chi connectivity index (χ2n) is 4.80. The smallest absolute Gasteiger partial charge is 0.339 e. The normalized spacial score (nSPS) is 10.4. The molecular formula is C15H15ClN2O4. The molecule has 0 aliphatic rings. The minimum Gasteiger partial charge on any atom is -0.465 e. The summed E-state index contributed by atoms with van der Waals surface area (Å²) in [5.41, 5.74) is 1.94. The Balaban J connectivity index is 2.22. The summed E-state index contributed by atoms with van der Waals surface area (Å²) in [6.07, 6.45) is 0.00689. The van der Waals surface area contributed by atoms with Crippen LogP contribution in [0.4, 0.5) is 5.69 Å². The van der Waals surface area contributed by atoms with Gasteiger partial charge in [0.2, 0.25) is 5.91 Å². The third kappa shape index (κ3) is 3.65. The van der Waals surface area contributed by atoms with Gasteiger partial charge in [-0.15, -0.1) is 0 Å². The van der Waals surface area contributed by atoms with Crippen molar-refractivity contribution in [3.63, 3.8) is 0 Å². The summed E-state index contributed by atoms with van der Waals surface area (Å²) in [6, 6.07) is 4.76. The van der Waals surface area contributed by atoms with Crippen molar-refractivity contribution in [3.05, 3.63) is 45.8 Å². The SMILES string of the molecule is COC(=O)c1cc(C)c(Cl)cc1NC(=O)Cc1cc(C)no1. The number of hydrogen-bond acceptors (Lipinski definition) is 5. The van der Waals surface area contributed by atoms with Crippen LogP contribution in [0.2, 0.25) is 5.02 Å². The van der Waals surface area contributed by atoms with E-state index in [9.17, 15) is 9.59 Å². The number of carbonyl (C=O) groups is 2. The Morgan fingerprint density at radius 1 is 1.32 bits per heavy atom. The lowest BCUT2D eigenvalue weighted by atomic mass is 10.1.